The minimum absolute atomic E-state index is 0.534. The normalized spacial score (nSPS) is 10.3. The summed E-state index contributed by atoms with van der Waals surface area (Å²) in [6.07, 6.45) is 0. The maximum Gasteiger partial charge on any atom is 0.121 e. The van der Waals surface area contributed by atoms with Gasteiger partial charge in [0, 0.05) is 16.2 Å². The number of methoxy groups -OCH3 is 1. The van der Waals surface area contributed by atoms with E-state index < -0.39 is 0 Å². The van der Waals surface area contributed by atoms with E-state index in [4.69, 9.17) is 22.1 Å². The minimum Gasteiger partial charge on any atom is -0.497 e. The molecule has 0 spiro atoms. The predicted octanol–water partition coefficient (Wildman–Crippen LogP) is 4.75. The van der Waals surface area contributed by atoms with Gasteiger partial charge in [0.05, 0.1) is 23.5 Å². The van der Waals surface area contributed by atoms with E-state index in [0.717, 1.165) is 27.2 Å². The fraction of sp³-hybridized carbons (Fsp3) is 0.143. The van der Waals surface area contributed by atoms with Gasteiger partial charge in [0.25, 0.3) is 0 Å². The second-order valence-electron chi connectivity index (χ2n) is 4.16. The average molecular weight is 342 g/mol. The molecule has 5 heteroatoms. The lowest BCUT2D eigenvalue weighted by atomic mass is 10.1. The fourth-order valence-corrected chi connectivity index (χ4v) is 2.22. The van der Waals surface area contributed by atoms with E-state index in [1.54, 1.807) is 7.11 Å². The van der Waals surface area contributed by atoms with Gasteiger partial charge in [-0.1, -0.05) is 11.6 Å². The number of anilines is 3. The number of halogens is 2. The van der Waals surface area contributed by atoms with Crippen molar-refractivity contribution in [2.24, 2.45) is 0 Å². The van der Waals surface area contributed by atoms with Crippen LogP contribution in [0.5, 0.6) is 5.75 Å². The first-order chi connectivity index (χ1) is 9.01. The summed E-state index contributed by atoms with van der Waals surface area (Å²) in [6.45, 7) is 1.98. The number of benzene rings is 2. The molecule has 0 bridgehead atoms. The molecule has 0 aliphatic rings. The van der Waals surface area contributed by atoms with Crippen LogP contribution in [-0.4, -0.2) is 7.11 Å². The molecule has 3 nitrogen and oxygen atoms in total. The predicted molar refractivity (Wildman–Crippen MR) is 84.6 cm³/mol. The maximum absolute atomic E-state index is 6.05. The molecule has 0 radical (unpaired) electrons. The number of rotatable bonds is 3. The Morgan fingerprint density at radius 2 is 1.95 bits per heavy atom. The van der Waals surface area contributed by atoms with Crippen LogP contribution in [0, 0.1) is 6.92 Å². The number of nitrogen functional groups attached to an aromatic ring is 1. The second kappa shape index (κ2) is 5.72. The molecule has 0 fully saturated rings. The molecule has 0 saturated heterocycles. The third-order valence-electron chi connectivity index (χ3n) is 2.79. The van der Waals surface area contributed by atoms with Crippen molar-refractivity contribution in [1.29, 1.82) is 0 Å². The monoisotopic (exact) mass is 340 g/mol. The van der Waals surface area contributed by atoms with Crippen LogP contribution in [0.3, 0.4) is 0 Å². The molecule has 19 heavy (non-hydrogen) atoms. The van der Waals surface area contributed by atoms with Gasteiger partial charge in [-0.3, -0.25) is 0 Å². The van der Waals surface area contributed by atoms with Gasteiger partial charge in [0.2, 0.25) is 0 Å². The lowest BCUT2D eigenvalue weighted by molar-refractivity contribution is 0.415. The average Bonchev–Trinajstić information content (AvgIpc) is 2.38. The molecule has 0 heterocycles. The number of hydrogen-bond acceptors (Lipinski definition) is 3. The molecule has 0 aliphatic carbocycles. The van der Waals surface area contributed by atoms with Crippen molar-refractivity contribution in [2.45, 2.75) is 6.92 Å². The summed E-state index contributed by atoms with van der Waals surface area (Å²) in [6, 6.07) is 9.39. The number of nitrogens with two attached hydrogens (primary N) is 1. The van der Waals surface area contributed by atoms with Crippen molar-refractivity contribution < 1.29 is 4.74 Å². The van der Waals surface area contributed by atoms with Crippen LogP contribution in [0.15, 0.2) is 34.8 Å². The van der Waals surface area contributed by atoms with E-state index in [2.05, 4.69) is 21.2 Å². The SMILES string of the molecule is COc1ccc(Br)c(Nc2cc(Cl)c(N)cc2C)c1. The van der Waals surface area contributed by atoms with Crippen molar-refractivity contribution in [3.8, 4) is 5.75 Å². The highest BCUT2D eigenvalue weighted by molar-refractivity contribution is 9.10. The topological polar surface area (TPSA) is 47.3 Å². The second-order valence-corrected chi connectivity index (χ2v) is 5.42. The van der Waals surface area contributed by atoms with Crippen molar-refractivity contribution in [3.63, 3.8) is 0 Å². The highest BCUT2D eigenvalue weighted by atomic mass is 79.9. The molecule has 0 atom stereocenters. The molecule has 0 amide bonds. The molecule has 2 aromatic rings. The van der Waals surface area contributed by atoms with E-state index in [9.17, 15) is 0 Å². The first kappa shape index (κ1) is 14.0. The first-order valence-corrected chi connectivity index (χ1v) is 6.84. The Bertz CT molecular complexity index is 617. The Balaban J connectivity index is 2.38. The first-order valence-electron chi connectivity index (χ1n) is 5.67. The van der Waals surface area contributed by atoms with Crippen LogP contribution in [0.1, 0.15) is 5.56 Å². The van der Waals surface area contributed by atoms with E-state index in [0.29, 0.717) is 10.7 Å². The van der Waals surface area contributed by atoms with Crippen LogP contribution in [-0.2, 0) is 0 Å². The fourth-order valence-electron chi connectivity index (χ4n) is 1.71. The number of aryl methyl sites for hydroxylation is 1. The Kier molecular flexibility index (Phi) is 4.22. The minimum atomic E-state index is 0.534. The number of hydrogen-bond donors (Lipinski definition) is 2. The van der Waals surface area contributed by atoms with Crippen molar-refractivity contribution in [2.75, 3.05) is 18.2 Å². The molecule has 100 valence electrons. The third-order valence-corrected chi connectivity index (χ3v) is 3.81. The van der Waals surface area contributed by atoms with E-state index in [-0.39, 0.29) is 0 Å². The summed E-state index contributed by atoms with van der Waals surface area (Å²) in [4.78, 5) is 0. The maximum atomic E-state index is 6.05. The molecule has 0 saturated carbocycles. The van der Waals surface area contributed by atoms with Gasteiger partial charge in [-0.05, 0) is 52.7 Å². The lowest BCUT2D eigenvalue weighted by Gasteiger charge is -2.13. The van der Waals surface area contributed by atoms with Crippen molar-refractivity contribution >= 4 is 44.6 Å². The molecule has 2 rings (SSSR count). The molecule has 2 aromatic carbocycles. The summed E-state index contributed by atoms with van der Waals surface area (Å²) >= 11 is 9.55. The number of nitrogens with one attached hydrogen (secondary N) is 1. The molecular weight excluding hydrogens is 328 g/mol. The Morgan fingerprint density at radius 1 is 1.21 bits per heavy atom. The largest absolute Gasteiger partial charge is 0.497 e. The van der Waals surface area contributed by atoms with Crippen LogP contribution < -0.4 is 15.8 Å². The third kappa shape index (κ3) is 3.14. The van der Waals surface area contributed by atoms with E-state index in [1.807, 2.05) is 37.3 Å². The van der Waals surface area contributed by atoms with Crippen LogP contribution in [0.2, 0.25) is 5.02 Å². The molecule has 0 aliphatic heterocycles. The number of ether oxygens (including phenoxy) is 1. The Hall–Kier alpha value is -1.39. The van der Waals surface area contributed by atoms with Crippen LogP contribution in [0.4, 0.5) is 17.1 Å². The zero-order chi connectivity index (χ0) is 14.0. The summed E-state index contributed by atoms with van der Waals surface area (Å²) in [5.74, 6) is 0.782. The lowest BCUT2D eigenvalue weighted by Crippen LogP contribution is -1.97. The molecular formula is C14H14BrClN2O. The van der Waals surface area contributed by atoms with Gasteiger partial charge < -0.3 is 15.8 Å². The summed E-state index contributed by atoms with van der Waals surface area (Å²) < 4.78 is 6.16. The van der Waals surface area contributed by atoms with Crippen molar-refractivity contribution in [3.05, 3.63) is 45.4 Å². The zero-order valence-corrected chi connectivity index (χ0v) is 13.0. The highest BCUT2D eigenvalue weighted by Gasteiger charge is 2.07. The summed E-state index contributed by atoms with van der Waals surface area (Å²) in [5, 5.41) is 3.85. The molecule has 3 N–H and O–H groups in total. The quantitative estimate of drug-likeness (QED) is 0.792. The van der Waals surface area contributed by atoms with E-state index >= 15 is 0 Å². The smallest absolute Gasteiger partial charge is 0.121 e. The van der Waals surface area contributed by atoms with Gasteiger partial charge in [0.1, 0.15) is 5.75 Å². The Labute approximate surface area is 125 Å². The van der Waals surface area contributed by atoms with Crippen LogP contribution in [0.25, 0.3) is 0 Å². The Morgan fingerprint density at radius 3 is 2.63 bits per heavy atom. The van der Waals surface area contributed by atoms with Crippen molar-refractivity contribution in [1.82, 2.24) is 0 Å². The molecule has 0 unspecified atom stereocenters. The summed E-state index contributed by atoms with van der Waals surface area (Å²) in [5.41, 5.74) is 9.19. The van der Waals surface area contributed by atoms with Gasteiger partial charge >= 0.3 is 0 Å². The standard InChI is InChI=1S/C14H14BrClN2O/c1-8-5-12(17)11(16)7-13(8)18-14-6-9(19-2)3-4-10(14)15/h3-7,18H,17H2,1-2H3. The van der Waals surface area contributed by atoms with Gasteiger partial charge in [0.15, 0.2) is 0 Å². The molecule has 0 aromatic heterocycles. The van der Waals surface area contributed by atoms with Crippen LogP contribution >= 0.6 is 27.5 Å². The van der Waals surface area contributed by atoms with Gasteiger partial charge in [-0.2, -0.15) is 0 Å². The highest BCUT2D eigenvalue weighted by Crippen LogP contribution is 2.33. The van der Waals surface area contributed by atoms with Gasteiger partial charge in [-0.25, -0.2) is 0 Å². The van der Waals surface area contributed by atoms with Gasteiger partial charge in [-0.15, -0.1) is 0 Å². The zero-order valence-electron chi connectivity index (χ0n) is 10.6. The summed E-state index contributed by atoms with van der Waals surface area (Å²) in [7, 11) is 1.64. The van der Waals surface area contributed by atoms with E-state index in [1.165, 1.54) is 0 Å².